The average Bonchev–Trinajstić information content (AvgIpc) is 2.29. The van der Waals surface area contributed by atoms with E-state index in [4.69, 9.17) is 10.5 Å². The van der Waals surface area contributed by atoms with Gasteiger partial charge in [0.05, 0.1) is 6.10 Å². The molecule has 0 saturated carbocycles. The molecule has 0 radical (unpaired) electrons. The van der Waals surface area contributed by atoms with Crippen molar-refractivity contribution in [2.45, 2.75) is 32.4 Å². The van der Waals surface area contributed by atoms with Gasteiger partial charge in [0.25, 0.3) is 0 Å². The lowest BCUT2D eigenvalue weighted by atomic mass is 10.0. The van der Waals surface area contributed by atoms with Gasteiger partial charge < -0.3 is 10.5 Å². The number of carbonyl (C=O) groups is 2. The minimum Gasteiger partial charge on any atom is -0.462 e. The number of hydrogen-bond acceptors (Lipinski definition) is 4. The predicted octanol–water partition coefficient (Wildman–Crippen LogP) is 1.54. The van der Waals surface area contributed by atoms with E-state index in [1.54, 1.807) is 38.1 Å². The highest BCUT2D eigenvalue weighted by atomic mass is 16.5. The SMILES string of the molecule is CC(C)OC(=O)C(N)CC(=O)c1ccccc1. The van der Waals surface area contributed by atoms with E-state index in [2.05, 4.69) is 0 Å². The van der Waals surface area contributed by atoms with Gasteiger partial charge in [-0.25, -0.2) is 0 Å². The summed E-state index contributed by atoms with van der Waals surface area (Å²) in [7, 11) is 0. The first-order chi connectivity index (χ1) is 8.00. The van der Waals surface area contributed by atoms with Crippen LogP contribution in [0.3, 0.4) is 0 Å². The highest BCUT2D eigenvalue weighted by Gasteiger charge is 2.20. The van der Waals surface area contributed by atoms with Crippen molar-refractivity contribution >= 4 is 11.8 Å². The van der Waals surface area contributed by atoms with E-state index in [1.807, 2.05) is 6.07 Å². The Balaban J connectivity index is 2.55. The van der Waals surface area contributed by atoms with E-state index in [-0.39, 0.29) is 18.3 Å². The van der Waals surface area contributed by atoms with Crippen molar-refractivity contribution in [2.75, 3.05) is 0 Å². The molecule has 1 atom stereocenters. The summed E-state index contributed by atoms with van der Waals surface area (Å²) in [4.78, 5) is 23.2. The summed E-state index contributed by atoms with van der Waals surface area (Å²) in [5.74, 6) is -0.692. The van der Waals surface area contributed by atoms with Gasteiger partial charge in [-0.2, -0.15) is 0 Å². The molecule has 0 aliphatic heterocycles. The molecule has 17 heavy (non-hydrogen) atoms. The molecule has 0 aromatic heterocycles. The summed E-state index contributed by atoms with van der Waals surface area (Å²) in [5.41, 5.74) is 6.16. The minimum atomic E-state index is -0.898. The van der Waals surface area contributed by atoms with E-state index in [1.165, 1.54) is 0 Å². The van der Waals surface area contributed by atoms with Crippen LogP contribution in [0.5, 0.6) is 0 Å². The van der Waals surface area contributed by atoms with E-state index in [9.17, 15) is 9.59 Å². The summed E-state index contributed by atoms with van der Waals surface area (Å²) in [5, 5.41) is 0. The monoisotopic (exact) mass is 235 g/mol. The van der Waals surface area contributed by atoms with Crippen LogP contribution in [0.25, 0.3) is 0 Å². The number of benzene rings is 1. The lowest BCUT2D eigenvalue weighted by Crippen LogP contribution is -2.35. The number of hydrogen-bond donors (Lipinski definition) is 1. The van der Waals surface area contributed by atoms with Gasteiger partial charge in [-0.15, -0.1) is 0 Å². The molecule has 1 aromatic carbocycles. The van der Waals surface area contributed by atoms with Crippen LogP contribution in [-0.4, -0.2) is 23.9 Å². The van der Waals surface area contributed by atoms with Crippen LogP contribution in [0, 0.1) is 0 Å². The Bertz CT molecular complexity index is 387. The quantitative estimate of drug-likeness (QED) is 0.620. The molecule has 0 spiro atoms. The van der Waals surface area contributed by atoms with Crippen molar-refractivity contribution in [1.29, 1.82) is 0 Å². The number of rotatable bonds is 5. The van der Waals surface area contributed by atoms with Crippen molar-refractivity contribution in [2.24, 2.45) is 5.73 Å². The molecule has 0 fully saturated rings. The van der Waals surface area contributed by atoms with E-state index < -0.39 is 12.0 Å². The Kier molecular flexibility index (Phi) is 4.84. The molecule has 0 bridgehead atoms. The van der Waals surface area contributed by atoms with Gasteiger partial charge >= 0.3 is 5.97 Å². The topological polar surface area (TPSA) is 69.4 Å². The Labute approximate surface area is 101 Å². The fourth-order valence-electron chi connectivity index (χ4n) is 1.34. The maximum atomic E-state index is 11.8. The number of ether oxygens (including phenoxy) is 1. The second kappa shape index (κ2) is 6.15. The molecule has 92 valence electrons. The molecule has 0 amide bonds. The van der Waals surface area contributed by atoms with Gasteiger partial charge in [-0.3, -0.25) is 9.59 Å². The van der Waals surface area contributed by atoms with Gasteiger partial charge in [0.1, 0.15) is 6.04 Å². The highest BCUT2D eigenvalue weighted by Crippen LogP contribution is 2.06. The molecule has 0 aliphatic carbocycles. The molecule has 2 N–H and O–H groups in total. The molecule has 1 rings (SSSR count). The lowest BCUT2D eigenvalue weighted by molar-refractivity contribution is -0.148. The molecule has 4 nitrogen and oxygen atoms in total. The summed E-state index contributed by atoms with van der Waals surface area (Å²) in [6.07, 6.45) is -0.254. The molecule has 1 aromatic rings. The molecular formula is C13H17NO3. The number of nitrogens with two attached hydrogens (primary N) is 1. The first kappa shape index (κ1) is 13.4. The Morgan fingerprint density at radius 3 is 2.35 bits per heavy atom. The van der Waals surface area contributed by atoms with Gasteiger partial charge in [0, 0.05) is 12.0 Å². The van der Waals surface area contributed by atoms with E-state index in [0.717, 1.165) is 0 Å². The maximum absolute atomic E-state index is 11.8. The average molecular weight is 235 g/mol. The molecule has 0 aliphatic rings. The smallest absolute Gasteiger partial charge is 0.323 e. The molecule has 0 saturated heterocycles. The van der Waals surface area contributed by atoms with E-state index >= 15 is 0 Å². The zero-order valence-corrected chi connectivity index (χ0v) is 10.1. The highest BCUT2D eigenvalue weighted by molar-refractivity contribution is 5.98. The van der Waals surface area contributed by atoms with Crippen molar-refractivity contribution in [3.05, 3.63) is 35.9 Å². The molecule has 4 heteroatoms. The summed E-state index contributed by atoms with van der Waals surface area (Å²) >= 11 is 0. The van der Waals surface area contributed by atoms with Crippen LogP contribution in [0.2, 0.25) is 0 Å². The van der Waals surface area contributed by atoms with Crippen molar-refractivity contribution < 1.29 is 14.3 Å². The summed E-state index contributed by atoms with van der Waals surface area (Å²) < 4.78 is 4.93. The van der Waals surface area contributed by atoms with Crippen LogP contribution < -0.4 is 5.73 Å². The van der Waals surface area contributed by atoms with Crippen molar-refractivity contribution in [1.82, 2.24) is 0 Å². The van der Waals surface area contributed by atoms with E-state index in [0.29, 0.717) is 5.56 Å². The lowest BCUT2D eigenvalue weighted by Gasteiger charge is -2.13. The van der Waals surface area contributed by atoms with Crippen LogP contribution in [0.1, 0.15) is 30.6 Å². The predicted molar refractivity (Wildman–Crippen MR) is 64.6 cm³/mol. The third kappa shape index (κ3) is 4.36. The van der Waals surface area contributed by atoms with Gasteiger partial charge in [0.15, 0.2) is 5.78 Å². The Morgan fingerprint density at radius 1 is 1.24 bits per heavy atom. The van der Waals surface area contributed by atoms with Crippen molar-refractivity contribution in [3.8, 4) is 0 Å². The Morgan fingerprint density at radius 2 is 1.82 bits per heavy atom. The number of Topliss-reactive ketones (excluding diaryl/α,β-unsaturated/α-hetero) is 1. The zero-order valence-electron chi connectivity index (χ0n) is 10.1. The van der Waals surface area contributed by atoms with Crippen LogP contribution in [0.4, 0.5) is 0 Å². The molecular weight excluding hydrogens is 218 g/mol. The standard InChI is InChI=1S/C13H17NO3/c1-9(2)17-13(16)11(14)8-12(15)10-6-4-3-5-7-10/h3-7,9,11H,8,14H2,1-2H3. The molecule has 0 heterocycles. The van der Waals surface area contributed by atoms with Crippen molar-refractivity contribution in [3.63, 3.8) is 0 Å². The van der Waals surface area contributed by atoms with Gasteiger partial charge in [-0.05, 0) is 13.8 Å². The van der Waals surface area contributed by atoms with Gasteiger partial charge in [0.2, 0.25) is 0 Å². The third-order valence-electron chi connectivity index (χ3n) is 2.16. The normalized spacial score (nSPS) is 12.2. The summed E-state index contributed by atoms with van der Waals surface area (Å²) in [6, 6.07) is 7.86. The molecule has 1 unspecified atom stereocenters. The third-order valence-corrected chi connectivity index (χ3v) is 2.16. The fourth-order valence-corrected chi connectivity index (χ4v) is 1.34. The number of esters is 1. The van der Waals surface area contributed by atoms with Crippen LogP contribution in [-0.2, 0) is 9.53 Å². The second-order valence-corrected chi connectivity index (χ2v) is 4.09. The first-order valence-corrected chi connectivity index (χ1v) is 5.55. The first-order valence-electron chi connectivity index (χ1n) is 5.55. The fraction of sp³-hybridized carbons (Fsp3) is 0.385. The number of carbonyl (C=O) groups excluding carboxylic acids is 2. The van der Waals surface area contributed by atoms with Gasteiger partial charge in [-0.1, -0.05) is 30.3 Å². The zero-order chi connectivity index (χ0) is 12.8. The minimum absolute atomic E-state index is 0.0322. The number of ketones is 1. The largest absolute Gasteiger partial charge is 0.462 e. The van der Waals surface area contributed by atoms with Crippen LogP contribution in [0.15, 0.2) is 30.3 Å². The second-order valence-electron chi connectivity index (χ2n) is 4.09. The summed E-state index contributed by atoms with van der Waals surface area (Å²) in [6.45, 7) is 3.48. The Hall–Kier alpha value is -1.68. The maximum Gasteiger partial charge on any atom is 0.323 e. The van der Waals surface area contributed by atoms with Crippen LogP contribution >= 0.6 is 0 Å².